The van der Waals surface area contributed by atoms with Crippen LogP contribution in [-0.4, -0.2) is 35.4 Å². The van der Waals surface area contributed by atoms with Crippen molar-refractivity contribution in [1.29, 1.82) is 0 Å². The van der Waals surface area contributed by atoms with Gasteiger partial charge in [-0.15, -0.1) is 5.06 Å². The lowest BCUT2D eigenvalue weighted by atomic mass is 10.1. The van der Waals surface area contributed by atoms with Crippen molar-refractivity contribution in [2.24, 2.45) is 5.92 Å². The Morgan fingerprint density at radius 2 is 1.74 bits per heavy atom. The van der Waals surface area contributed by atoms with Crippen LogP contribution in [0.1, 0.15) is 39.5 Å². The van der Waals surface area contributed by atoms with E-state index >= 15 is 0 Å². The number of imide groups is 1. The number of hydrogen-bond acceptors (Lipinski definition) is 6. The third-order valence-electron chi connectivity index (χ3n) is 2.45. The first-order valence-corrected chi connectivity index (χ1v) is 6.12. The summed E-state index contributed by atoms with van der Waals surface area (Å²) in [6, 6.07) is 0. The number of carbonyl (C=O) groups is 4. The maximum atomic E-state index is 11.3. The quantitative estimate of drug-likeness (QED) is 0.398. The summed E-state index contributed by atoms with van der Waals surface area (Å²) in [7, 11) is 0. The highest BCUT2D eigenvalue weighted by Gasteiger charge is 2.33. The summed E-state index contributed by atoms with van der Waals surface area (Å²) >= 11 is 0. The molecule has 1 saturated heterocycles. The number of ether oxygens (including phenoxy) is 1. The van der Waals surface area contributed by atoms with E-state index in [1.807, 2.05) is 13.8 Å². The predicted molar refractivity (Wildman–Crippen MR) is 62.2 cm³/mol. The average Bonchev–Trinajstić information content (AvgIpc) is 2.60. The molecular formula is C12H17NO6. The molecule has 106 valence electrons. The summed E-state index contributed by atoms with van der Waals surface area (Å²) in [6.45, 7) is 4.19. The van der Waals surface area contributed by atoms with Crippen molar-refractivity contribution < 1.29 is 28.8 Å². The second kappa shape index (κ2) is 6.86. The molecule has 0 aromatic heterocycles. The molecule has 0 unspecified atom stereocenters. The zero-order valence-electron chi connectivity index (χ0n) is 11.0. The van der Waals surface area contributed by atoms with E-state index in [2.05, 4.69) is 4.84 Å². The van der Waals surface area contributed by atoms with Crippen LogP contribution in [0.4, 0.5) is 0 Å². The molecule has 0 N–H and O–H groups in total. The van der Waals surface area contributed by atoms with Crippen molar-refractivity contribution in [2.75, 3.05) is 6.61 Å². The van der Waals surface area contributed by atoms with Crippen LogP contribution in [0.25, 0.3) is 0 Å². The summed E-state index contributed by atoms with van der Waals surface area (Å²) in [5.41, 5.74) is 0. The molecule has 0 spiro atoms. The summed E-state index contributed by atoms with van der Waals surface area (Å²) < 4.78 is 4.81. The van der Waals surface area contributed by atoms with Gasteiger partial charge in [0.25, 0.3) is 11.8 Å². The predicted octanol–water partition coefficient (Wildman–Crippen LogP) is 0.573. The average molecular weight is 271 g/mol. The van der Waals surface area contributed by atoms with Crippen molar-refractivity contribution in [3.63, 3.8) is 0 Å². The molecule has 7 nitrogen and oxygen atoms in total. The second-order valence-corrected chi connectivity index (χ2v) is 4.62. The van der Waals surface area contributed by atoms with Crippen molar-refractivity contribution >= 4 is 23.8 Å². The first-order valence-electron chi connectivity index (χ1n) is 6.12. The number of hydrogen-bond donors (Lipinski definition) is 0. The van der Waals surface area contributed by atoms with Crippen LogP contribution in [0.2, 0.25) is 0 Å². The zero-order valence-corrected chi connectivity index (χ0v) is 11.0. The van der Waals surface area contributed by atoms with Crippen LogP contribution in [0.15, 0.2) is 0 Å². The van der Waals surface area contributed by atoms with Gasteiger partial charge in [-0.05, 0) is 12.3 Å². The summed E-state index contributed by atoms with van der Waals surface area (Å²) in [5.74, 6) is -2.47. The van der Waals surface area contributed by atoms with Crippen LogP contribution < -0.4 is 0 Å². The van der Waals surface area contributed by atoms with Crippen molar-refractivity contribution in [3.8, 4) is 0 Å². The van der Waals surface area contributed by atoms with Gasteiger partial charge in [0, 0.05) is 12.8 Å². The van der Waals surface area contributed by atoms with Gasteiger partial charge in [0.2, 0.25) is 0 Å². The van der Waals surface area contributed by atoms with E-state index in [-0.39, 0.29) is 19.4 Å². The van der Waals surface area contributed by atoms with Gasteiger partial charge in [-0.2, -0.15) is 0 Å². The minimum Gasteiger partial charge on any atom is -0.465 e. The largest absolute Gasteiger partial charge is 0.465 e. The first kappa shape index (κ1) is 15.1. The van der Waals surface area contributed by atoms with Gasteiger partial charge < -0.3 is 9.57 Å². The molecule has 0 aromatic rings. The van der Waals surface area contributed by atoms with E-state index in [4.69, 9.17) is 4.74 Å². The molecule has 0 aliphatic carbocycles. The Bertz CT molecular complexity index is 374. The van der Waals surface area contributed by atoms with Gasteiger partial charge >= 0.3 is 11.9 Å². The standard InChI is InChI=1S/C12H17NO6/c1-8(2)5-6-18-11(16)7-12(17)19-13-9(14)3-4-10(13)15/h8H,3-7H2,1-2H3. The lowest BCUT2D eigenvalue weighted by Gasteiger charge is -2.12. The molecule has 2 amide bonds. The molecule has 0 aromatic carbocycles. The van der Waals surface area contributed by atoms with Gasteiger partial charge in [-0.1, -0.05) is 13.8 Å². The topological polar surface area (TPSA) is 90.0 Å². The SMILES string of the molecule is CC(C)CCOC(=O)CC(=O)ON1C(=O)CCC1=O. The maximum Gasteiger partial charge on any atom is 0.344 e. The molecule has 0 atom stereocenters. The van der Waals surface area contributed by atoms with Crippen molar-refractivity contribution in [3.05, 3.63) is 0 Å². The molecule has 1 heterocycles. The minimum atomic E-state index is -0.974. The van der Waals surface area contributed by atoms with Gasteiger partial charge in [-0.25, -0.2) is 4.79 Å². The Morgan fingerprint density at radius 3 is 2.26 bits per heavy atom. The fourth-order valence-electron chi connectivity index (χ4n) is 1.37. The van der Waals surface area contributed by atoms with Gasteiger partial charge in [0.05, 0.1) is 6.61 Å². The molecule has 1 aliphatic rings. The van der Waals surface area contributed by atoms with Crippen molar-refractivity contribution in [2.45, 2.75) is 39.5 Å². The molecule has 0 bridgehead atoms. The molecular weight excluding hydrogens is 254 g/mol. The van der Waals surface area contributed by atoms with E-state index in [9.17, 15) is 19.2 Å². The van der Waals surface area contributed by atoms with Gasteiger partial charge in [-0.3, -0.25) is 14.4 Å². The Labute approximate surface area is 110 Å². The Balaban J connectivity index is 2.29. The van der Waals surface area contributed by atoms with Gasteiger partial charge in [0.15, 0.2) is 0 Å². The molecule has 19 heavy (non-hydrogen) atoms. The zero-order chi connectivity index (χ0) is 14.4. The van der Waals surface area contributed by atoms with E-state index in [1.54, 1.807) is 0 Å². The Hall–Kier alpha value is -1.92. The number of nitrogens with zero attached hydrogens (tertiary/aromatic N) is 1. The fourth-order valence-corrected chi connectivity index (χ4v) is 1.37. The fraction of sp³-hybridized carbons (Fsp3) is 0.667. The van der Waals surface area contributed by atoms with Crippen LogP contribution in [0, 0.1) is 5.92 Å². The van der Waals surface area contributed by atoms with E-state index in [0.717, 1.165) is 0 Å². The molecule has 1 aliphatic heterocycles. The number of amides is 2. The highest BCUT2D eigenvalue weighted by Crippen LogP contribution is 2.12. The monoisotopic (exact) mass is 271 g/mol. The summed E-state index contributed by atoms with van der Waals surface area (Å²) in [4.78, 5) is 49.4. The number of hydroxylamine groups is 2. The number of esters is 1. The lowest BCUT2D eigenvalue weighted by Crippen LogP contribution is -2.32. The summed E-state index contributed by atoms with van der Waals surface area (Å²) in [5, 5.41) is 0.406. The molecule has 1 rings (SSSR count). The Morgan fingerprint density at radius 1 is 1.16 bits per heavy atom. The highest BCUT2D eigenvalue weighted by atomic mass is 16.7. The number of rotatable bonds is 6. The van der Waals surface area contributed by atoms with E-state index < -0.39 is 30.2 Å². The molecule has 0 radical (unpaired) electrons. The minimum absolute atomic E-state index is 0.0188. The van der Waals surface area contributed by atoms with Crippen molar-refractivity contribution in [1.82, 2.24) is 5.06 Å². The number of carbonyl (C=O) groups excluding carboxylic acids is 4. The van der Waals surface area contributed by atoms with Crippen LogP contribution >= 0.6 is 0 Å². The second-order valence-electron chi connectivity index (χ2n) is 4.62. The third-order valence-corrected chi connectivity index (χ3v) is 2.45. The van der Waals surface area contributed by atoms with Crippen LogP contribution in [0.5, 0.6) is 0 Å². The Kier molecular flexibility index (Phi) is 5.47. The van der Waals surface area contributed by atoms with E-state index in [0.29, 0.717) is 17.4 Å². The highest BCUT2D eigenvalue weighted by molar-refractivity contribution is 6.02. The molecule has 7 heteroatoms. The third kappa shape index (κ3) is 5.07. The van der Waals surface area contributed by atoms with Crippen LogP contribution in [-0.2, 0) is 28.8 Å². The maximum absolute atomic E-state index is 11.3. The summed E-state index contributed by atoms with van der Waals surface area (Å²) in [6.07, 6.45) is 0.120. The smallest absolute Gasteiger partial charge is 0.344 e. The van der Waals surface area contributed by atoms with Gasteiger partial charge in [0.1, 0.15) is 6.42 Å². The van der Waals surface area contributed by atoms with Crippen LogP contribution in [0.3, 0.4) is 0 Å². The first-order chi connectivity index (χ1) is 8.90. The lowest BCUT2D eigenvalue weighted by molar-refractivity contribution is -0.198. The van der Waals surface area contributed by atoms with E-state index in [1.165, 1.54) is 0 Å². The molecule has 0 saturated carbocycles. The normalized spacial score (nSPS) is 15.0. The molecule has 1 fully saturated rings.